The highest BCUT2D eigenvalue weighted by Crippen LogP contribution is 1.84. The minimum absolute atomic E-state index is 0.0161. The average molecular weight is 217 g/mol. The molecule has 0 fully saturated rings. The zero-order chi connectivity index (χ0) is 11.7. The zero-order valence-corrected chi connectivity index (χ0v) is 10.2. The molecule has 0 unspecified atom stereocenters. The van der Waals surface area contributed by atoms with Gasteiger partial charge >= 0.3 is 6.03 Å². The number of carbonyl (C=O) groups excluding carboxylic acids is 1. The number of nitrogens with zero attached hydrogens (tertiary/aromatic N) is 2. The Morgan fingerprint density at radius 1 is 1.33 bits per heavy atom. The van der Waals surface area contributed by atoms with Crippen LogP contribution in [0.15, 0.2) is 0 Å². The molecule has 0 bridgehead atoms. The van der Waals surface area contributed by atoms with E-state index in [0.717, 1.165) is 26.2 Å². The summed E-state index contributed by atoms with van der Waals surface area (Å²) in [4.78, 5) is 15.1. The van der Waals surface area contributed by atoms with Gasteiger partial charge in [-0.05, 0) is 14.0 Å². The topological polar surface area (TPSA) is 44.8 Å². The Labute approximate surface area is 92.4 Å². The molecule has 0 aliphatic heterocycles. The summed E-state index contributed by atoms with van der Waals surface area (Å²) >= 11 is 0. The second-order valence-corrected chi connectivity index (χ2v) is 3.54. The van der Waals surface area contributed by atoms with E-state index in [4.69, 9.17) is 4.74 Å². The van der Waals surface area contributed by atoms with E-state index in [9.17, 15) is 4.79 Å². The molecule has 0 aliphatic rings. The number of methoxy groups -OCH3 is 1. The van der Waals surface area contributed by atoms with Crippen molar-refractivity contribution in [2.24, 2.45) is 0 Å². The van der Waals surface area contributed by atoms with E-state index < -0.39 is 0 Å². The summed E-state index contributed by atoms with van der Waals surface area (Å²) in [6.45, 7) is 5.79. The van der Waals surface area contributed by atoms with Crippen molar-refractivity contribution in [2.45, 2.75) is 6.92 Å². The first-order valence-electron chi connectivity index (χ1n) is 5.28. The first-order chi connectivity index (χ1) is 7.11. The molecule has 0 aliphatic carbocycles. The van der Waals surface area contributed by atoms with Crippen molar-refractivity contribution < 1.29 is 9.53 Å². The van der Waals surface area contributed by atoms with Crippen molar-refractivity contribution in [3.8, 4) is 0 Å². The first kappa shape index (κ1) is 14.2. The molecule has 0 aromatic heterocycles. The highest BCUT2D eigenvalue weighted by atomic mass is 16.5. The van der Waals surface area contributed by atoms with Crippen LogP contribution in [0.4, 0.5) is 4.79 Å². The van der Waals surface area contributed by atoms with Crippen molar-refractivity contribution in [1.29, 1.82) is 0 Å². The second kappa shape index (κ2) is 8.49. The molecule has 15 heavy (non-hydrogen) atoms. The Morgan fingerprint density at radius 3 is 2.53 bits per heavy atom. The van der Waals surface area contributed by atoms with Gasteiger partial charge in [-0.25, -0.2) is 4.79 Å². The molecule has 0 atom stereocenters. The molecule has 0 radical (unpaired) electrons. The number of urea groups is 1. The van der Waals surface area contributed by atoms with Gasteiger partial charge in [0.2, 0.25) is 0 Å². The molecule has 90 valence electrons. The zero-order valence-electron chi connectivity index (χ0n) is 10.2. The predicted octanol–water partition coefficient (Wildman–Crippen LogP) is 0.226. The lowest BCUT2D eigenvalue weighted by atomic mass is 10.5. The minimum atomic E-state index is -0.0161. The summed E-state index contributed by atoms with van der Waals surface area (Å²) in [7, 11) is 5.48. The van der Waals surface area contributed by atoms with Gasteiger partial charge in [0, 0.05) is 40.3 Å². The first-order valence-corrected chi connectivity index (χ1v) is 5.28. The van der Waals surface area contributed by atoms with Crippen LogP contribution in [0.3, 0.4) is 0 Å². The summed E-state index contributed by atoms with van der Waals surface area (Å²) in [5.74, 6) is 0. The molecule has 0 heterocycles. The van der Waals surface area contributed by atoms with Crippen LogP contribution in [0.25, 0.3) is 0 Å². The Hall–Kier alpha value is -0.810. The molecule has 5 heteroatoms. The van der Waals surface area contributed by atoms with Crippen LogP contribution in [0.2, 0.25) is 0 Å². The standard InChI is InChI=1S/C10H23N3O2/c1-5-13(3)10(14)11-6-7-12(2)8-9-15-4/h5-9H2,1-4H3,(H,11,14). The number of nitrogens with one attached hydrogen (secondary N) is 1. The second-order valence-electron chi connectivity index (χ2n) is 3.54. The van der Waals surface area contributed by atoms with E-state index in [1.165, 1.54) is 0 Å². The van der Waals surface area contributed by atoms with Crippen molar-refractivity contribution >= 4 is 6.03 Å². The molecule has 2 amide bonds. The van der Waals surface area contributed by atoms with Crippen molar-refractivity contribution in [3.05, 3.63) is 0 Å². The summed E-state index contributed by atoms with van der Waals surface area (Å²) in [6.07, 6.45) is 0. The highest BCUT2D eigenvalue weighted by Gasteiger charge is 2.04. The average Bonchev–Trinajstić information content (AvgIpc) is 2.24. The van der Waals surface area contributed by atoms with Crippen molar-refractivity contribution in [3.63, 3.8) is 0 Å². The van der Waals surface area contributed by atoms with Gasteiger partial charge < -0.3 is 19.9 Å². The Morgan fingerprint density at radius 2 is 2.00 bits per heavy atom. The van der Waals surface area contributed by atoms with Gasteiger partial charge in [0.1, 0.15) is 0 Å². The summed E-state index contributed by atoms with van der Waals surface area (Å²) < 4.78 is 4.96. The number of amides is 2. The lowest BCUT2D eigenvalue weighted by Gasteiger charge is -2.19. The van der Waals surface area contributed by atoms with Crippen LogP contribution in [-0.4, -0.2) is 69.8 Å². The maximum absolute atomic E-state index is 11.3. The number of ether oxygens (including phenoxy) is 1. The fraction of sp³-hybridized carbons (Fsp3) is 0.900. The van der Waals surface area contributed by atoms with E-state index in [1.54, 1.807) is 19.1 Å². The highest BCUT2D eigenvalue weighted by molar-refractivity contribution is 5.73. The van der Waals surface area contributed by atoms with Crippen molar-refractivity contribution in [1.82, 2.24) is 15.1 Å². The molecule has 1 N–H and O–H groups in total. The Balaban J connectivity index is 3.48. The third kappa shape index (κ3) is 7.16. The van der Waals surface area contributed by atoms with E-state index >= 15 is 0 Å². The Kier molecular flexibility index (Phi) is 8.04. The van der Waals surface area contributed by atoms with Crippen LogP contribution in [0, 0.1) is 0 Å². The quantitative estimate of drug-likeness (QED) is 0.664. The Bertz CT molecular complexity index is 176. The monoisotopic (exact) mass is 217 g/mol. The molecule has 0 saturated heterocycles. The maximum atomic E-state index is 11.3. The summed E-state index contributed by atoms with van der Waals surface area (Å²) in [6, 6.07) is -0.0161. The lowest BCUT2D eigenvalue weighted by molar-refractivity contribution is 0.161. The van der Waals surface area contributed by atoms with E-state index in [-0.39, 0.29) is 6.03 Å². The van der Waals surface area contributed by atoms with Gasteiger partial charge in [0.25, 0.3) is 0 Å². The van der Waals surface area contributed by atoms with Crippen LogP contribution < -0.4 is 5.32 Å². The van der Waals surface area contributed by atoms with Crippen LogP contribution in [-0.2, 0) is 4.74 Å². The number of carbonyl (C=O) groups is 1. The predicted molar refractivity (Wildman–Crippen MR) is 61.1 cm³/mol. The molecule has 0 rings (SSSR count). The molecule has 0 aromatic carbocycles. The number of hydrogen-bond acceptors (Lipinski definition) is 3. The summed E-state index contributed by atoms with van der Waals surface area (Å²) in [5.41, 5.74) is 0. The fourth-order valence-electron chi connectivity index (χ4n) is 0.991. The van der Waals surface area contributed by atoms with Crippen LogP contribution >= 0.6 is 0 Å². The molecule has 5 nitrogen and oxygen atoms in total. The van der Waals surface area contributed by atoms with Gasteiger partial charge in [-0.1, -0.05) is 0 Å². The maximum Gasteiger partial charge on any atom is 0.317 e. The van der Waals surface area contributed by atoms with E-state index in [2.05, 4.69) is 10.2 Å². The van der Waals surface area contributed by atoms with Crippen LogP contribution in [0.1, 0.15) is 6.92 Å². The molecule has 0 aromatic rings. The normalized spacial score (nSPS) is 10.5. The van der Waals surface area contributed by atoms with Gasteiger partial charge in [-0.3, -0.25) is 0 Å². The van der Waals surface area contributed by atoms with Gasteiger partial charge in [0.15, 0.2) is 0 Å². The third-order valence-electron chi connectivity index (χ3n) is 2.27. The largest absolute Gasteiger partial charge is 0.383 e. The minimum Gasteiger partial charge on any atom is -0.383 e. The molecular formula is C10H23N3O2. The molecule has 0 spiro atoms. The molecule has 0 saturated carbocycles. The smallest absolute Gasteiger partial charge is 0.317 e. The number of hydrogen-bond donors (Lipinski definition) is 1. The number of rotatable bonds is 7. The molecular weight excluding hydrogens is 194 g/mol. The van der Waals surface area contributed by atoms with E-state index in [0.29, 0.717) is 6.54 Å². The SMILES string of the molecule is CCN(C)C(=O)NCCN(C)CCOC. The van der Waals surface area contributed by atoms with E-state index in [1.807, 2.05) is 14.0 Å². The summed E-state index contributed by atoms with van der Waals surface area (Å²) in [5, 5.41) is 2.85. The van der Waals surface area contributed by atoms with Gasteiger partial charge in [0.05, 0.1) is 6.61 Å². The lowest BCUT2D eigenvalue weighted by Crippen LogP contribution is -2.41. The van der Waals surface area contributed by atoms with Crippen LogP contribution in [0.5, 0.6) is 0 Å². The number of likely N-dealkylation sites (N-methyl/N-ethyl adjacent to an activating group) is 1. The fourth-order valence-corrected chi connectivity index (χ4v) is 0.991. The van der Waals surface area contributed by atoms with Gasteiger partial charge in [-0.15, -0.1) is 0 Å². The van der Waals surface area contributed by atoms with Crippen molar-refractivity contribution in [2.75, 3.05) is 54.0 Å². The third-order valence-corrected chi connectivity index (χ3v) is 2.27. The van der Waals surface area contributed by atoms with Gasteiger partial charge in [-0.2, -0.15) is 0 Å².